The molecule has 0 unspecified atom stereocenters. The second kappa shape index (κ2) is 6.12. The minimum Gasteiger partial charge on any atom is -0.398 e. The van der Waals surface area contributed by atoms with Gasteiger partial charge in [0.05, 0.1) is 5.56 Å². The van der Waals surface area contributed by atoms with Crippen molar-refractivity contribution in [1.82, 2.24) is 5.01 Å². The van der Waals surface area contributed by atoms with Crippen LogP contribution >= 0.6 is 0 Å². The Labute approximate surface area is 96.2 Å². The molecule has 0 aromatic heterocycles. The molecule has 0 saturated heterocycles. The van der Waals surface area contributed by atoms with E-state index < -0.39 is 0 Å². The molecule has 1 aromatic carbocycles. The van der Waals surface area contributed by atoms with Crippen LogP contribution in [0.2, 0.25) is 0 Å². The van der Waals surface area contributed by atoms with Gasteiger partial charge in [-0.05, 0) is 18.6 Å². The number of nitrogens with two attached hydrogens (primary N) is 2. The summed E-state index contributed by atoms with van der Waals surface area (Å²) in [7, 11) is 0. The van der Waals surface area contributed by atoms with Crippen molar-refractivity contribution in [3.05, 3.63) is 29.8 Å². The molecule has 1 aromatic rings. The second-order valence-corrected chi connectivity index (χ2v) is 3.79. The zero-order chi connectivity index (χ0) is 12.0. The SMILES string of the molecule is CCCCCN(N)C(=O)c1ccccc1N. The minimum absolute atomic E-state index is 0.214. The van der Waals surface area contributed by atoms with Gasteiger partial charge in [-0.2, -0.15) is 0 Å². The van der Waals surface area contributed by atoms with Crippen LogP contribution in [0, 0.1) is 0 Å². The van der Waals surface area contributed by atoms with Crippen LogP contribution in [0.3, 0.4) is 0 Å². The third-order valence-corrected chi connectivity index (χ3v) is 2.45. The van der Waals surface area contributed by atoms with E-state index in [4.69, 9.17) is 11.6 Å². The van der Waals surface area contributed by atoms with Gasteiger partial charge < -0.3 is 5.73 Å². The lowest BCUT2D eigenvalue weighted by Crippen LogP contribution is -2.38. The largest absolute Gasteiger partial charge is 0.398 e. The average Bonchev–Trinajstić information content (AvgIpc) is 2.29. The van der Waals surface area contributed by atoms with Gasteiger partial charge in [0.2, 0.25) is 0 Å². The van der Waals surface area contributed by atoms with Gasteiger partial charge in [-0.25, -0.2) is 5.84 Å². The predicted molar refractivity (Wildman–Crippen MR) is 65.6 cm³/mol. The van der Waals surface area contributed by atoms with E-state index >= 15 is 0 Å². The fraction of sp³-hybridized carbons (Fsp3) is 0.417. The van der Waals surface area contributed by atoms with Crippen LogP contribution in [-0.2, 0) is 0 Å². The Bertz CT molecular complexity index is 352. The fourth-order valence-electron chi connectivity index (χ4n) is 1.48. The van der Waals surface area contributed by atoms with E-state index in [1.807, 2.05) is 0 Å². The zero-order valence-electron chi connectivity index (χ0n) is 9.65. The molecule has 0 bridgehead atoms. The summed E-state index contributed by atoms with van der Waals surface area (Å²) in [6.07, 6.45) is 3.10. The molecule has 0 fully saturated rings. The molecule has 0 aliphatic carbocycles. The van der Waals surface area contributed by atoms with Crippen LogP contribution in [0.1, 0.15) is 36.5 Å². The van der Waals surface area contributed by atoms with Crippen LogP contribution in [0.5, 0.6) is 0 Å². The maximum atomic E-state index is 11.9. The third kappa shape index (κ3) is 3.24. The van der Waals surface area contributed by atoms with Crippen molar-refractivity contribution in [2.75, 3.05) is 12.3 Å². The van der Waals surface area contributed by atoms with Crippen molar-refractivity contribution in [1.29, 1.82) is 0 Å². The summed E-state index contributed by atoms with van der Waals surface area (Å²) >= 11 is 0. The number of carbonyl (C=O) groups is 1. The molecular formula is C12H19N3O. The van der Waals surface area contributed by atoms with Gasteiger partial charge in [-0.1, -0.05) is 31.9 Å². The van der Waals surface area contributed by atoms with E-state index in [2.05, 4.69) is 6.92 Å². The maximum Gasteiger partial charge on any atom is 0.269 e. The lowest BCUT2D eigenvalue weighted by molar-refractivity contribution is 0.0753. The van der Waals surface area contributed by atoms with Crippen molar-refractivity contribution in [2.45, 2.75) is 26.2 Å². The van der Waals surface area contributed by atoms with E-state index in [0.29, 0.717) is 17.8 Å². The first-order valence-corrected chi connectivity index (χ1v) is 5.58. The first-order valence-electron chi connectivity index (χ1n) is 5.58. The van der Waals surface area contributed by atoms with Gasteiger partial charge in [0.1, 0.15) is 0 Å². The summed E-state index contributed by atoms with van der Waals surface area (Å²) in [5.74, 6) is 5.47. The first kappa shape index (κ1) is 12.5. The van der Waals surface area contributed by atoms with Crippen LogP contribution in [0.4, 0.5) is 5.69 Å². The molecule has 0 aliphatic rings. The summed E-state index contributed by atoms with van der Waals surface area (Å²) in [6, 6.07) is 6.97. The van der Waals surface area contributed by atoms with Crippen molar-refractivity contribution >= 4 is 11.6 Å². The Morgan fingerprint density at radius 3 is 2.62 bits per heavy atom. The summed E-state index contributed by atoms with van der Waals surface area (Å²) in [4.78, 5) is 11.9. The lowest BCUT2D eigenvalue weighted by Gasteiger charge is -2.17. The molecule has 1 amide bonds. The van der Waals surface area contributed by atoms with Crippen molar-refractivity contribution in [3.8, 4) is 0 Å². The zero-order valence-corrected chi connectivity index (χ0v) is 9.65. The highest BCUT2D eigenvalue weighted by molar-refractivity contribution is 5.98. The molecule has 0 spiro atoms. The number of amides is 1. The standard InChI is InChI=1S/C12H19N3O/c1-2-3-6-9-15(14)12(16)10-7-4-5-8-11(10)13/h4-5,7-8H,2-3,6,9,13-14H2,1H3. The fourth-order valence-corrected chi connectivity index (χ4v) is 1.48. The molecule has 0 saturated carbocycles. The lowest BCUT2D eigenvalue weighted by atomic mass is 10.1. The highest BCUT2D eigenvalue weighted by Gasteiger charge is 2.13. The number of hydrogen-bond acceptors (Lipinski definition) is 3. The Kier molecular flexibility index (Phi) is 4.79. The van der Waals surface area contributed by atoms with Gasteiger partial charge in [0.15, 0.2) is 0 Å². The number of carbonyl (C=O) groups excluding carboxylic acids is 1. The molecule has 0 aliphatic heterocycles. The molecule has 4 nitrogen and oxygen atoms in total. The van der Waals surface area contributed by atoms with Gasteiger partial charge >= 0.3 is 0 Å². The summed E-state index contributed by atoms with van der Waals surface area (Å²) in [6.45, 7) is 2.68. The van der Waals surface area contributed by atoms with Crippen LogP contribution < -0.4 is 11.6 Å². The molecule has 4 N–H and O–H groups in total. The second-order valence-electron chi connectivity index (χ2n) is 3.79. The number of hydrazine groups is 1. The van der Waals surface area contributed by atoms with E-state index in [1.165, 1.54) is 5.01 Å². The number of benzene rings is 1. The molecule has 88 valence electrons. The van der Waals surface area contributed by atoms with Crippen molar-refractivity contribution < 1.29 is 4.79 Å². The molecule has 0 atom stereocenters. The highest BCUT2D eigenvalue weighted by Crippen LogP contribution is 2.12. The summed E-state index contributed by atoms with van der Waals surface area (Å²) in [5.41, 5.74) is 6.66. The van der Waals surface area contributed by atoms with Crippen molar-refractivity contribution in [2.24, 2.45) is 5.84 Å². The van der Waals surface area contributed by atoms with Crippen LogP contribution in [-0.4, -0.2) is 17.5 Å². The molecule has 1 rings (SSSR count). The highest BCUT2D eigenvalue weighted by atomic mass is 16.2. The molecule has 0 heterocycles. The Morgan fingerprint density at radius 1 is 1.31 bits per heavy atom. The summed E-state index contributed by atoms with van der Waals surface area (Å²) in [5, 5.41) is 1.24. The maximum absolute atomic E-state index is 11.9. The molecule has 0 radical (unpaired) electrons. The average molecular weight is 221 g/mol. The predicted octanol–water partition coefficient (Wildman–Crippen LogP) is 1.77. The van der Waals surface area contributed by atoms with Gasteiger partial charge in [-0.15, -0.1) is 0 Å². The monoisotopic (exact) mass is 221 g/mol. The van der Waals surface area contributed by atoms with Gasteiger partial charge in [0.25, 0.3) is 5.91 Å². The number of nitrogen functional groups attached to an aromatic ring is 1. The Hall–Kier alpha value is -1.55. The molecule has 16 heavy (non-hydrogen) atoms. The number of anilines is 1. The van der Waals surface area contributed by atoms with Gasteiger partial charge in [0, 0.05) is 12.2 Å². The Balaban J connectivity index is 2.60. The van der Waals surface area contributed by atoms with Gasteiger partial charge in [-0.3, -0.25) is 9.80 Å². The molecular weight excluding hydrogens is 202 g/mol. The topological polar surface area (TPSA) is 72.3 Å². The number of para-hydroxylation sites is 1. The number of unbranched alkanes of at least 4 members (excludes halogenated alkanes) is 2. The normalized spacial score (nSPS) is 10.1. The van der Waals surface area contributed by atoms with E-state index in [1.54, 1.807) is 24.3 Å². The number of hydrogen-bond donors (Lipinski definition) is 2. The van der Waals surface area contributed by atoms with E-state index in [0.717, 1.165) is 19.3 Å². The number of nitrogens with zero attached hydrogens (tertiary/aromatic N) is 1. The minimum atomic E-state index is -0.214. The van der Waals surface area contributed by atoms with Crippen molar-refractivity contribution in [3.63, 3.8) is 0 Å². The summed E-state index contributed by atoms with van der Waals surface area (Å²) < 4.78 is 0. The quantitative estimate of drug-likeness (QED) is 0.262. The molecule has 4 heteroatoms. The Morgan fingerprint density at radius 2 is 2.00 bits per heavy atom. The van der Waals surface area contributed by atoms with E-state index in [-0.39, 0.29) is 5.91 Å². The first-order chi connectivity index (χ1) is 7.66. The third-order valence-electron chi connectivity index (χ3n) is 2.45. The smallest absolute Gasteiger partial charge is 0.269 e. The number of rotatable bonds is 5. The van der Waals surface area contributed by atoms with E-state index in [9.17, 15) is 4.79 Å². The van der Waals surface area contributed by atoms with Crippen LogP contribution in [0.25, 0.3) is 0 Å². The van der Waals surface area contributed by atoms with Crippen LogP contribution in [0.15, 0.2) is 24.3 Å².